The third-order valence-corrected chi connectivity index (χ3v) is 4.58. The molecular formula is C16H26N2O3. The molecule has 0 aromatic heterocycles. The van der Waals surface area contributed by atoms with E-state index in [0.29, 0.717) is 18.9 Å². The van der Waals surface area contributed by atoms with E-state index in [0.717, 1.165) is 44.9 Å². The summed E-state index contributed by atoms with van der Waals surface area (Å²) in [4.78, 5) is 23.3. The summed E-state index contributed by atoms with van der Waals surface area (Å²) >= 11 is 0. The summed E-state index contributed by atoms with van der Waals surface area (Å²) in [6.07, 6.45) is 12.0. The van der Waals surface area contributed by atoms with E-state index < -0.39 is 11.9 Å². The predicted molar refractivity (Wildman–Crippen MR) is 81.0 cm³/mol. The lowest BCUT2D eigenvalue weighted by Crippen LogP contribution is -2.48. The van der Waals surface area contributed by atoms with E-state index in [2.05, 4.69) is 22.8 Å². The number of carbonyl (C=O) groups excluding carboxylic acids is 1. The molecule has 0 radical (unpaired) electrons. The summed E-state index contributed by atoms with van der Waals surface area (Å²) in [6.45, 7) is 0.667. The number of amides is 2. The maximum atomic E-state index is 12.0. The van der Waals surface area contributed by atoms with Gasteiger partial charge < -0.3 is 15.7 Å². The minimum absolute atomic E-state index is 0.220. The molecule has 3 N–H and O–H groups in total. The van der Waals surface area contributed by atoms with Crippen molar-refractivity contribution < 1.29 is 14.7 Å². The Kier molecular flexibility index (Phi) is 6.08. The van der Waals surface area contributed by atoms with Gasteiger partial charge in [-0.2, -0.15) is 0 Å². The number of rotatable bonds is 4. The van der Waals surface area contributed by atoms with Crippen LogP contribution in [0.5, 0.6) is 0 Å². The quantitative estimate of drug-likeness (QED) is 0.551. The number of hydrogen-bond donors (Lipinski definition) is 3. The van der Waals surface area contributed by atoms with Crippen molar-refractivity contribution in [3.05, 3.63) is 12.2 Å². The Hall–Kier alpha value is -1.52. The maximum Gasteiger partial charge on any atom is 0.315 e. The van der Waals surface area contributed by atoms with Crippen LogP contribution in [0, 0.1) is 11.8 Å². The summed E-state index contributed by atoms with van der Waals surface area (Å²) in [5.41, 5.74) is 0. The molecule has 0 aromatic carbocycles. The zero-order valence-electron chi connectivity index (χ0n) is 12.5. The van der Waals surface area contributed by atoms with Crippen molar-refractivity contribution in [2.45, 2.75) is 57.4 Å². The van der Waals surface area contributed by atoms with Crippen molar-refractivity contribution in [2.75, 3.05) is 6.54 Å². The molecule has 0 aliphatic heterocycles. The molecule has 21 heavy (non-hydrogen) atoms. The van der Waals surface area contributed by atoms with Crippen LogP contribution in [0.15, 0.2) is 12.2 Å². The van der Waals surface area contributed by atoms with Gasteiger partial charge in [0.25, 0.3) is 0 Å². The van der Waals surface area contributed by atoms with Gasteiger partial charge in [0.05, 0.1) is 5.92 Å². The van der Waals surface area contributed by atoms with Gasteiger partial charge >= 0.3 is 12.0 Å². The number of carboxylic acids is 1. The summed E-state index contributed by atoms with van der Waals surface area (Å²) in [6, 6.07) is -0.459. The van der Waals surface area contributed by atoms with Gasteiger partial charge in [-0.05, 0) is 38.0 Å². The second-order valence-corrected chi connectivity index (χ2v) is 6.19. The number of carboxylic acid groups (broad SMARTS) is 1. The molecular weight excluding hydrogens is 268 g/mol. The summed E-state index contributed by atoms with van der Waals surface area (Å²) in [5, 5.41) is 15.1. The van der Waals surface area contributed by atoms with Gasteiger partial charge in [-0.15, -0.1) is 0 Å². The van der Waals surface area contributed by atoms with Crippen LogP contribution in [0.25, 0.3) is 0 Å². The van der Waals surface area contributed by atoms with E-state index in [1.807, 2.05) is 0 Å². The molecule has 2 rings (SSSR count). The molecule has 3 atom stereocenters. The van der Waals surface area contributed by atoms with Crippen LogP contribution in [0.4, 0.5) is 4.79 Å². The molecule has 0 heterocycles. The Labute approximate surface area is 126 Å². The highest BCUT2D eigenvalue weighted by Gasteiger charge is 2.30. The highest BCUT2D eigenvalue weighted by molar-refractivity contribution is 5.76. The van der Waals surface area contributed by atoms with Crippen LogP contribution >= 0.6 is 0 Å². The molecule has 0 aromatic rings. The summed E-state index contributed by atoms with van der Waals surface area (Å²) < 4.78 is 0. The number of aliphatic carboxylic acids is 1. The molecule has 2 aliphatic rings. The second kappa shape index (κ2) is 8.05. The summed E-state index contributed by atoms with van der Waals surface area (Å²) in [7, 11) is 0. The van der Waals surface area contributed by atoms with Gasteiger partial charge in [0.2, 0.25) is 0 Å². The van der Waals surface area contributed by atoms with Crippen molar-refractivity contribution in [2.24, 2.45) is 11.8 Å². The normalized spacial score (nSPS) is 29.4. The number of nitrogens with one attached hydrogen (secondary N) is 2. The number of allylic oxidation sites excluding steroid dienone is 2. The summed E-state index contributed by atoms with van der Waals surface area (Å²) in [5.74, 6) is -0.736. The molecule has 2 aliphatic carbocycles. The van der Waals surface area contributed by atoms with Crippen molar-refractivity contribution >= 4 is 12.0 Å². The maximum absolute atomic E-state index is 12.0. The van der Waals surface area contributed by atoms with Crippen molar-refractivity contribution in [3.63, 3.8) is 0 Å². The van der Waals surface area contributed by atoms with Gasteiger partial charge in [0.15, 0.2) is 0 Å². The third kappa shape index (κ3) is 5.06. The minimum Gasteiger partial charge on any atom is -0.481 e. The van der Waals surface area contributed by atoms with Gasteiger partial charge in [0.1, 0.15) is 0 Å². The van der Waals surface area contributed by atoms with Crippen molar-refractivity contribution in [1.29, 1.82) is 0 Å². The van der Waals surface area contributed by atoms with Crippen LogP contribution in [0.3, 0.4) is 0 Å². The topological polar surface area (TPSA) is 78.4 Å². The van der Waals surface area contributed by atoms with Crippen molar-refractivity contribution in [1.82, 2.24) is 10.6 Å². The molecule has 2 amide bonds. The second-order valence-electron chi connectivity index (χ2n) is 6.19. The lowest BCUT2D eigenvalue weighted by molar-refractivity contribution is -0.142. The van der Waals surface area contributed by atoms with E-state index in [1.165, 1.54) is 0 Å². The monoisotopic (exact) mass is 294 g/mol. The first-order valence-corrected chi connectivity index (χ1v) is 8.09. The number of urea groups is 1. The highest BCUT2D eigenvalue weighted by atomic mass is 16.4. The van der Waals surface area contributed by atoms with Gasteiger partial charge in [-0.3, -0.25) is 4.79 Å². The van der Waals surface area contributed by atoms with E-state index in [1.54, 1.807) is 0 Å². The van der Waals surface area contributed by atoms with Crippen LogP contribution in [-0.4, -0.2) is 29.7 Å². The largest absolute Gasteiger partial charge is 0.481 e. The third-order valence-electron chi connectivity index (χ3n) is 4.58. The highest BCUT2D eigenvalue weighted by Crippen LogP contribution is 2.24. The first-order valence-electron chi connectivity index (χ1n) is 8.09. The van der Waals surface area contributed by atoms with Crippen LogP contribution in [0.1, 0.15) is 51.4 Å². The Morgan fingerprint density at radius 3 is 2.62 bits per heavy atom. The van der Waals surface area contributed by atoms with Crippen molar-refractivity contribution in [3.8, 4) is 0 Å². The van der Waals surface area contributed by atoms with Crippen LogP contribution in [0.2, 0.25) is 0 Å². The predicted octanol–water partition coefficient (Wildman–Crippen LogP) is 2.68. The molecule has 5 nitrogen and oxygen atoms in total. The van der Waals surface area contributed by atoms with E-state index in [9.17, 15) is 14.7 Å². The average Bonchev–Trinajstić information content (AvgIpc) is 2.72. The Balaban J connectivity index is 1.79. The zero-order valence-corrected chi connectivity index (χ0v) is 12.5. The smallest absolute Gasteiger partial charge is 0.315 e. The molecule has 118 valence electrons. The van der Waals surface area contributed by atoms with E-state index >= 15 is 0 Å². The Morgan fingerprint density at radius 2 is 1.90 bits per heavy atom. The fraction of sp³-hybridized carbons (Fsp3) is 0.750. The first-order chi connectivity index (χ1) is 10.2. The average molecular weight is 294 g/mol. The molecule has 3 unspecified atom stereocenters. The molecule has 0 saturated heterocycles. The molecule has 1 fully saturated rings. The lowest BCUT2D eigenvalue weighted by atomic mass is 9.94. The van der Waals surface area contributed by atoms with Crippen LogP contribution in [-0.2, 0) is 4.79 Å². The molecule has 5 heteroatoms. The van der Waals surface area contributed by atoms with Gasteiger partial charge in [0, 0.05) is 12.6 Å². The first kappa shape index (κ1) is 15.9. The lowest BCUT2D eigenvalue weighted by Gasteiger charge is -2.24. The van der Waals surface area contributed by atoms with E-state index in [4.69, 9.17) is 0 Å². The minimum atomic E-state index is -0.792. The Bertz CT molecular complexity index is 395. The number of carbonyl (C=O) groups is 2. The number of hydrogen-bond acceptors (Lipinski definition) is 2. The molecule has 0 bridgehead atoms. The Morgan fingerprint density at radius 1 is 1.10 bits per heavy atom. The SMILES string of the molecule is O=C(NCC1CC=CCC1)NC1CCCCCC1C(=O)O. The molecule has 1 saturated carbocycles. The zero-order chi connectivity index (χ0) is 15.1. The van der Waals surface area contributed by atoms with E-state index in [-0.39, 0.29) is 12.1 Å². The fourth-order valence-electron chi connectivity index (χ4n) is 3.27. The van der Waals surface area contributed by atoms with Crippen LogP contribution < -0.4 is 10.6 Å². The van der Waals surface area contributed by atoms with Gasteiger partial charge in [-0.1, -0.05) is 31.4 Å². The molecule has 0 spiro atoms. The fourth-order valence-corrected chi connectivity index (χ4v) is 3.27. The van der Waals surface area contributed by atoms with Gasteiger partial charge in [-0.25, -0.2) is 4.79 Å². The standard InChI is InChI=1S/C16H26N2O3/c19-15(20)13-9-5-2-6-10-14(13)18-16(21)17-11-12-7-3-1-4-8-12/h1,3,12-14H,2,4-11H2,(H,19,20)(H2,17,18,21).